The highest BCUT2D eigenvalue weighted by atomic mass is 35.5. The molecule has 0 aromatic carbocycles. The SMILES string of the molecule is CCOC1CC(N)(C(=O)NC2CC3CCC2O3)C1(C)C.Cl. The number of hydrogen-bond donors (Lipinski definition) is 2. The second-order valence-corrected chi connectivity index (χ2v) is 7.03. The van der Waals surface area contributed by atoms with Gasteiger partial charge in [0.25, 0.3) is 0 Å². The number of carbonyl (C=O) groups excluding carboxylic acids is 1. The van der Waals surface area contributed by atoms with Gasteiger partial charge in [0.2, 0.25) is 5.91 Å². The number of carbonyl (C=O) groups is 1. The Morgan fingerprint density at radius 2 is 2.14 bits per heavy atom. The maximum absolute atomic E-state index is 12.6. The van der Waals surface area contributed by atoms with Gasteiger partial charge in [-0.15, -0.1) is 12.4 Å². The van der Waals surface area contributed by atoms with Crippen molar-refractivity contribution in [3.05, 3.63) is 0 Å². The first-order valence-corrected chi connectivity index (χ1v) is 7.75. The van der Waals surface area contributed by atoms with Gasteiger partial charge in [0, 0.05) is 18.4 Å². The Hall–Kier alpha value is -0.360. The minimum absolute atomic E-state index is 0. The third kappa shape index (κ3) is 2.48. The fourth-order valence-corrected chi connectivity index (χ4v) is 3.91. The van der Waals surface area contributed by atoms with Crippen LogP contribution < -0.4 is 11.1 Å². The van der Waals surface area contributed by atoms with E-state index in [4.69, 9.17) is 15.2 Å². The summed E-state index contributed by atoms with van der Waals surface area (Å²) in [5.74, 6) is -0.0420. The average molecular weight is 319 g/mol. The average Bonchev–Trinajstić information content (AvgIpc) is 3.00. The highest BCUT2D eigenvalue weighted by Gasteiger charge is 2.63. The number of nitrogens with two attached hydrogens (primary N) is 1. The second kappa shape index (κ2) is 5.69. The van der Waals surface area contributed by atoms with Gasteiger partial charge in [-0.2, -0.15) is 0 Å². The Kier molecular flexibility index (Phi) is 4.60. The lowest BCUT2D eigenvalue weighted by molar-refractivity contribution is -0.171. The van der Waals surface area contributed by atoms with E-state index in [1.54, 1.807) is 0 Å². The maximum atomic E-state index is 12.6. The molecule has 5 atom stereocenters. The standard InChI is InChI=1S/C15H26N2O3.ClH/c1-4-19-12-8-15(16,14(12,2)3)13(18)17-10-7-9-5-6-11(10)20-9;/h9-12H,4-8,16H2,1-3H3,(H,17,18);1H. The molecule has 3 fully saturated rings. The molecule has 2 bridgehead atoms. The van der Waals surface area contributed by atoms with Crippen molar-refractivity contribution >= 4 is 18.3 Å². The molecule has 0 spiro atoms. The second-order valence-electron chi connectivity index (χ2n) is 7.03. The van der Waals surface area contributed by atoms with Crippen molar-refractivity contribution in [2.24, 2.45) is 11.1 Å². The Labute approximate surface area is 132 Å². The molecule has 3 aliphatic rings. The first-order chi connectivity index (χ1) is 9.38. The highest BCUT2D eigenvalue weighted by Crippen LogP contribution is 2.50. The Bertz CT molecular complexity index is 418. The van der Waals surface area contributed by atoms with Gasteiger partial charge in [0.05, 0.1) is 24.4 Å². The molecule has 3 N–H and O–H groups in total. The zero-order valence-electron chi connectivity index (χ0n) is 13.1. The van der Waals surface area contributed by atoms with E-state index in [-0.39, 0.29) is 42.0 Å². The highest BCUT2D eigenvalue weighted by molar-refractivity contribution is 5.89. The molecule has 0 aromatic rings. The summed E-state index contributed by atoms with van der Waals surface area (Å²) in [4.78, 5) is 12.6. The number of amides is 1. The number of ether oxygens (including phenoxy) is 2. The van der Waals surface area contributed by atoms with E-state index in [1.165, 1.54) is 0 Å². The van der Waals surface area contributed by atoms with E-state index < -0.39 is 5.54 Å². The van der Waals surface area contributed by atoms with Crippen LogP contribution in [-0.4, -0.2) is 42.4 Å². The molecule has 0 aromatic heterocycles. The lowest BCUT2D eigenvalue weighted by Crippen LogP contribution is -2.76. The van der Waals surface area contributed by atoms with Gasteiger partial charge in [-0.3, -0.25) is 4.79 Å². The van der Waals surface area contributed by atoms with Crippen LogP contribution in [0.15, 0.2) is 0 Å². The molecule has 1 aliphatic carbocycles. The summed E-state index contributed by atoms with van der Waals surface area (Å²) in [5.41, 5.74) is 5.24. The predicted octanol–water partition coefficient (Wildman–Crippen LogP) is 1.38. The van der Waals surface area contributed by atoms with Crippen LogP contribution in [0, 0.1) is 5.41 Å². The van der Waals surface area contributed by atoms with Crippen molar-refractivity contribution in [1.29, 1.82) is 0 Å². The third-order valence-corrected chi connectivity index (χ3v) is 5.66. The Morgan fingerprint density at radius 1 is 1.43 bits per heavy atom. The molecule has 1 amide bonds. The van der Waals surface area contributed by atoms with Crippen LogP contribution in [0.1, 0.15) is 46.5 Å². The number of fused-ring (bicyclic) bond motifs is 2. The zero-order chi connectivity index (χ0) is 14.5. The molecule has 0 radical (unpaired) electrons. The molecule has 3 rings (SSSR count). The molecular formula is C15H27ClN2O3. The van der Waals surface area contributed by atoms with Gasteiger partial charge in [-0.25, -0.2) is 0 Å². The summed E-state index contributed by atoms with van der Waals surface area (Å²) in [6.07, 6.45) is 4.31. The van der Waals surface area contributed by atoms with Crippen LogP contribution >= 0.6 is 12.4 Å². The third-order valence-electron chi connectivity index (χ3n) is 5.66. The molecule has 2 aliphatic heterocycles. The van der Waals surface area contributed by atoms with E-state index in [0.717, 1.165) is 19.3 Å². The van der Waals surface area contributed by atoms with Crippen molar-refractivity contribution in [1.82, 2.24) is 5.32 Å². The molecule has 5 nitrogen and oxygen atoms in total. The lowest BCUT2D eigenvalue weighted by atomic mass is 9.54. The molecular weight excluding hydrogens is 292 g/mol. The molecule has 1 saturated carbocycles. The first-order valence-electron chi connectivity index (χ1n) is 7.75. The number of nitrogens with one attached hydrogen (secondary N) is 1. The summed E-state index contributed by atoms with van der Waals surface area (Å²) in [6.45, 7) is 6.67. The van der Waals surface area contributed by atoms with Crippen LogP contribution in [-0.2, 0) is 14.3 Å². The zero-order valence-corrected chi connectivity index (χ0v) is 13.9. The van der Waals surface area contributed by atoms with Gasteiger partial charge in [0.15, 0.2) is 0 Å². The van der Waals surface area contributed by atoms with E-state index in [0.29, 0.717) is 19.1 Å². The van der Waals surface area contributed by atoms with Crippen molar-refractivity contribution in [2.45, 2.75) is 76.3 Å². The Morgan fingerprint density at radius 3 is 2.62 bits per heavy atom. The topological polar surface area (TPSA) is 73.6 Å². The smallest absolute Gasteiger partial charge is 0.241 e. The predicted molar refractivity (Wildman–Crippen MR) is 82.4 cm³/mol. The fourth-order valence-electron chi connectivity index (χ4n) is 3.91. The first kappa shape index (κ1) is 17.0. The molecule has 6 heteroatoms. The number of hydrogen-bond acceptors (Lipinski definition) is 4. The quantitative estimate of drug-likeness (QED) is 0.821. The van der Waals surface area contributed by atoms with E-state index >= 15 is 0 Å². The van der Waals surface area contributed by atoms with Crippen molar-refractivity contribution in [2.75, 3.05) is 6.61 Å². The fraction of sp³-hybridized carbons (Fsp3) is 0.933. The largest absolute Gasteiger partial charge is 0.378 e. The van der Waals surface area contributed by atoms with Crippen molar-refractivity contribution in [3.63, 3.8) is 0 Å². The van der Waals surface area contributed by atoms with E-state index in [9.17, 15) is 4.79 Å². The number of rotatable bonds is 4. The summed E-state index contributed by atoms with van der Waals surface area (Å²) < 4.78 is 11.5. The summed E-state index contributed by atoms with van der Waals surface area (Å²) in [7, 11) is 0. The van der Waals surface area contributed by atoms with Crippen molar-refractivity contribution < 1.29 is 14.3 Å². The molecule has 21 heavy (non-hydrogen) atoms. The van der Waals surface area contributed by atoms with Gasteiger partial charge < -0.3 is 20.5 Å². The normalized spacial score (nSPS) is 43.0. The van der Waals surface area contributed by atoms with E-state index in [1.807, 2.05) is 20.8 Å². The summed E-state index contributed by atoms with van der Waals surface area (Å²) in [6, 6.07) is 0.142. The van der Waals surface area contributed by atoms with E-state index in [2.05, 4.69) is 5.32 Å². The van der Waals surface area contributed by atoms with Gasteiger partial charge in [-0.05, 0) is 26.2 Å². The minimum Gasteiger partial charge on any atom is -0.378 e. The minimum atomic E-state index is -0.825. The Balaban J connectivity index is 0.00000161. The monoisotopic (exact) mass is 318 g/mol. The van der Waals surface area contributed by atoms with Crippen molar-refractivity contribution in [3.8, 4) is 0 Å². The van der Waals surface area contributed by atoms with Gasteiger partial charge in [0.1, 0.15) is 5.54 Å². The molecule has 5 unspecified atom stereocenters. The van der Waals surface area contributed by atoms with Crippen LogP contribution in [0.5, 0.6) is 0 Å². The summed E-state index contributed by atoms with van der Waals surface area (Å²) >= 11 is 0. The molecule has 122 valence electrons. The van der Waals surface area contributed by atoms with Crippen LogP contribution in [0.2, 0.25) is 0 Å². The maximum Gasteiger partial charge on any atom is 0.241 e. The molecule has 2 heterocycles. The van der Waals surface area contributed by atoms with Crippen LogP contribution in [0.3, 0.4) is 0 Å². The summed E-state index contributed by atoms with van der Waals surface area (Å²) in [5, 5.41) is 3.13. The number of halogens is 1. The van der Waals surface area contributed by atoms with Gasteiger partial charge in [-0.1, -0.05) is 13.8 Å². The molecule has 2 saturated heterocycles. The van der Waals surface area contributed by atoms with Gasteiger partial charge >= 0.3 is 0 Å². The lowest BCUT2D eigenvalue weighted by Gasteiger charge is -2.57. The van der Waals surface area contributed by atoms with Crippen LogP contribution in [0.4, 0.5) is 0 Å². The van der Waals surface area contributed by atoms with Crippen LogP contribution in [0.25, 0.3) is 0 Å².